The molecule has 1 heterocycles. The summed E-state index contributed by atoms with van der Waals surface area (Å²) in [5, 5.41) is 12.1. The molecule has 4 heteroatoms. The number of aryl methyl sites for hydroxylation is 1. The molecule has 0 radical (unpaired) electrons. The number of rotatable bonds is 3. The Bertz CT molecular complexity index is 598. The maximum atomic E-state index is 13.0. The van der Waals surface area contributed by atoms with Crippen molar-refractivity contribution in [3.05, 3.63) is 53.2 Å². The molecule has 3 nitrogen and oxygen atoms in total. The molecule has 1 aromatic carbocycles. The summed E-state index contributed by atoms with van der Waals surface area (Å²) in [5.74, 6) is 1.19. The van der Waals surface area contributed by atoms with Gasteiger partial charge in [-0.15, -0.1) is 0 Å². The highest BCUT2D eigenvalue weighted by Gasteiger charge is 2.11. The second kappa shape index (κ2) is 4.92. The summed E-state index contributed by atoms with van der Waals surface area (Å²) in [6.45, 7) is 3.79. The molecule has 2 aromatic rings. The van der Waals surface area contributed by atoms with Crippen LogP contribution < -0.4 is 5.32 Å². The van der Waals surface area contributed by atoms with Crippen LogP contribution in [0.1, 0.15) is 30.0 Å². The predicted octanol–water partition coefficient (Wildman–Crippen LogP) is 3.77. The number of anilines is 1. The van der Waals surface area contributed by atoms with Crippen LogP contribution in [0.2, 0.25) is 0 Å². The maximum Gasteiger partial charge on any atom is 0.126 e. The number of furan rings is 1. The van der Waals surface area contributed by atoms with Gasteiger partial charge in [0.15, 0.2) is 0 Å². The van der Waals surface area contributed by atoms with E-state index in [2.05, 4.69) is 5.32 Å². The zero-order chi connectivity index (χ0) is 13.1. The Morgan fingerprint density at radius 2 is 2.11 bits per heavy atom. The summed E-state index contributed by atoms with van der Waals surface area (Å²) >= 11 is 0. The van der Waals surface area contributed by atoms with Gasteiger partial charge in [-0.1, -0.05) is 0 Å². The molecule has 1 N–H and O–H groups in total. The van der Waals surface area contributed by atoms with E-state index in [-0.39, 0.29) is 11.6 Å². The van der Waals surface area contributed by atoms with Gasteiger partial charge in [0.05, 0.1) is 17.3 Å². The van der Waals surface area contributed by atoms with Gasteiger partial charge in [0, 0.05) is 0 Å². The molecule has 0 bridgehead atoms. The van der Waals surface area contributed by atoms with Crippen LogP contribution in [0.25, 0.3) is 0 Å². The zero-order valence-corrected chi connectivity index (χ0v) is 10.2. The molecule has 0 saturated carbocycles. The molecule has 92 valence electrons. The minimum atomic E-state index is -0.418. The van der Waals surface area contributed by atoms with Crippen molar-refractivity contribution in [3.63, 3.8) is 0 Å². The van der Waals surface area contributed by atoms with Crippen LogP contribution in [0, 0.1) is 24.1 Å². The minimum Gasteiger partial charge on any atom is -0.464 e. The van der Waals surface area contributed by atoms with E-state index < -0.39 is 5.82 Å². The topological polar surface area (TPSA) is 49.0 Å². The van der Waals surface area contributed by atoms with Crippen LogP contribution >= 0.6 is 0 Å². The Morgan fingerprint density at radius 1 is 1.33 bits per heavy atom. The van der Waals surface area contributed by atoms with Gasteiger partial charge in [0.1, 0.15) is 23.4 Å². The lowest BCUT2D eigenvalue weighted by atomic mass is 10.1. The minimum absolute atomic E-state index is 0.0868. The highest BCUT2D eigenvalue weighted by Crippen LogP contribution is 2.23. The second-order valence-electron chi connectivity index (χ2n) is 4.12. The van der Waals surface area contributed by atoms with Gasteiger partial charge in [0.25, 0.3) is 0 Å². The molecule has 0 aliphatic carbocycles. The fourth-order valence-corrected chi connectivity index (χ4v) is 1.73. The molecule has 18 heavy (non-hydrogen) atoms. The molecular weight excluding hydrogens is 231 g/mol. The average Bonchev–Trinajstić information content (AvgIpc) is 2.78. The first-order valence-corrected chi connectivity index (χ1v) is 5.62. The van der Waals surface area contributed by atoms with Gasteiger partial charge >= 0.3 is 0 Å². The number of hydrogen-bond acceptors (Lipinski definition) is 3. The van der Waals surface area contributed by atoms with Crippen molar-refractivity contribution in [2.75, 3.05) is 5.32 Å². The molecule has 1 unspecified atom stereocenters. The first-order chi connectivity index (χ1) is 8.60. The van der Waals surface area contributed by atoms with E-state index in [1.54, 1.807) is 6.07 Å². The van der Waals surface area contributed by atoms with Crippen LogP contribution in [-0.4, -0.2) is 0 Å². The number of halogens is 1. The molecule has 0 amide bonds. The third kappa shape index (κ3) is 2.51. The Labute approximate surface area is 105 Å². The first-order valence-electron chi connectivity index (χ1n) is 5.62. The Morgan fingerprint density at radius 3 is 2.72 bits per heavy atom. The van der Waals surface area contributed by atoms with Crippen molar-refractivity contribution in [2.45, 2.75) is 19.9 Å². The monoisotopic (exact) mass is 244 g/mol. The molecular formula is C14H13FN2O. The van der Waals surface area contributed by atoms with E-state index in [4.69, 9.17) is 9.68 Å². The molecule has 0 saturated heterocycles. The third-order valence-electron chi connectivity index (χ3n) is 2.66. The quantitative estimate of drug-likeness (QED) is 0.894. The largest absolute Gasteiger partial charge is 0.464 e. The summed E-state index contributed by atoms with van der Waals surface area (Å²) < 4.78 is 18.5. The lowest BCUT2D eigenvalue weighted by Crippen LogP contribution is -2.07. The summed E-state index contributed by atoms with van der Waals surface area (Å²) in [6, 6.07) is 9.72. The summed E-state index contributed by atoms with van der Waals surface area (Å²) in [4.78, 5) is 0. The predicted molar refractivity (Wildman–Crippen MR) is 66.6 cm³/mol. The molecule has 2 rings (SSSR count). The van der Waals surface area contributed by atoms with Crippen molar-refractivity contribution >= 4 is 5.69 Å². The van der Waals surface area contributed by atoms with Crippen molar-refractivity contribution in [1.29, 1.82) is 5.26 Å². The van der Waals surface area contributed by atoms with Crippen LogP contribution in [0.3, 0.4) is 0 Å². The van der Waals surface area contributed by atoms with E-state index in [0.29, 0.717) is 5.69 Å². The number of hydrogen-bond donors (Lipinski definition) is 1. The third-order valence-corrected chi connectivity index (χ3v) is 2.66. The number of benzene rings is 1. The smallest absolute Gasteiger partial charge is 0.126 e. The van der Waals surface area contributed by atoms with E-state index in [0.717, 1.165) is 11.5 Å². The molecule has 1 atom stereocenters. The Hall–Kier alpha value is -2.28. The molecule has 0 spiro atoms. The maximum absolute atomic E-state index is 13.0. The molecule has 0 aliphatic heterocycles. The van der Waals surface area contributed by atoms with Gasteiger partial charge in [0.2, 0.25) is 0 Å². The van der Waals surface area contributed by atoms with Crippen LogP contribution in [0.15, 0.2) is 34.7 Å². The van der Waals surface area contributed by atoms with Gasteiger partial charge in [-0.05, 0) is 44.2 Å². The van der Waals surface area contributed by atoms with Gasteiger partial charge in [-0.25, -0.2) is 4.39 Å². The summed E-state index contributed by atoms with van der Waals surface area (Å²) in [5.41, 5.74) is 0.880. The highest BCUT2D eigenvalue weighted by molar-refractivity contribution is 5.58. The lowest BCUT2D eigenvalue weighted by molar-refractivity contribution is 0.467. The molecule has 0 fully saturated rings. The van der Waals surface area contributed by atoms with Gasteiger partial charge < -0.3 is 9.73 Å². The number of nitriles is 1. The van der Waals surface area contributed by atoms with Crippen molar-refractivity contribution in [3.8, 4) is 6.07 Å². The van der Waals surface area contributed by atoms with Crippen molar-refractivity contribution in [1.82, 2.24) is 0 Å². The van der Waals surface area contributed by atoms with Gasteiger partial charge in [-0.3, -0.25) is 0 Å². The van der Waals surface area contributed by atoms with E-state index in [1.807, 2.05) is 32.0 Å². The summed E-state index contributed by atoms with van der Waals surface area (Å²) in [6.07, 6.45) is 0. The first kappa shape index (κ1) is 12.2. The van der Waals surface area contributed by atoms with Crippen molar-refractivity contribution < 1.29 is 8.81 Å². The summed E-state index contributed by atoms with van der Waals surface area (Å²) in [7, 11) is 0. The second-order valence-corrected chi connectivity index (χ2v) is 4.12. The van der Waals surface area contributed by atoms with E-state index in [9.17, 15) is 4.39 Å². The Balaban J connectivity index is 2.22. The average molecular weight is 244 g/mol. The van der Waals surface area contributed by atoms with E-state index in [1.165, 1.54) is 12.1 Å². The zero-order valence-electron chi connectivity index (χ0n) is 10.2. The molecule has 1 aromatic heterocycles. The van der Waals surface area contributed by atoms with Crippen LogP contribution in [-0.2, 0) is 0 Å². The lowest BCUT2D eigenvalue weighted by Gasteiger charge is -2.14. The fourth-order valence-electron chi connectivity index (χ4n) is 1.73. The highest BCUT2D eigenvalue weighted by atomic mass is 19.1. The van der Waals surface area contributed by atoms with E-state index >= 15 is 0 Å². The number of nitrogens with one attached hydrogen (secondary N) is 1. The Kier molecular flexibility index (Phi) is 3.33. The number of nitrogens with zero attached hydrogens (tertiary/aromatic N) is 1. The molecule has 0 aliphatic rings. The SMILES string of the molecule is Cc1ccc(C(C)Nc2ccc(F)cc2C#N)o1. The van der Waals surface area contributed by atoms with Crippen molar-refractivity contribution in [2.24, 2.45) is 0 Å². The standard InChI is InChI=1S/C14H13FN2O/c1-9-3-6-14(18-9)10(2)17-13-5-4-12(15)7-11(13)8-16/h3-7,10,17H,1-2H3. The fraction of sp³-hybridized carbons (Fsp3) is 0.214. The van der Waals surface area contributed by atoms with Gasteiger partial charge in [-0.2, -0.15) is 5.26 Å². The van der Waals surface area contributed by atoms with Crippen LogP contribution in [0.5, 0.6) is 0 Å². The van der Waals surface area contributed by atoms with Crippen LogP contribution in [0.4, 0.5) is 10.1 Å². The normalized spacial score (nSPS) is 11.9.